The molecule has 3 aromatic rings. The molecule has 0 radical (unpaired) electrons. The zero-order valence-corrected chi connectivity index (χ0v) is 11.4. The Morgan fingerprint density at radius 3 is 2.50 bits per heavy atom. The van der Waals surface area contributed by atoms with Crippen LogP contribution in [0.2, 0.25) is 5.02 Å². The number of aromatic amines is 2. The van der Waals surface area contributed by atoms with E-state index in [1.54, 1.807) is 0 Å². The van der Waals surface area contributed by atoms with Crippen LogP contribution in [0.15, 0.2) is 47.3 Å². The molecule has 1 unspecified atom stereocenters. The van der Waals surface area contributed by atoms with Gasteiger partial charge in [0, 0.05) is 11.1 Å². The first-order valence-corrected chi connectivity index (χ1v) is 6.71. The average molecular weight is 288 g/mol. The summed E-state index contributed by atoms with van der Waals surface area (Å²) in [6.45, 7) is 0. The number of halogens is 1. The molecule has 4 N–H and O–H groups in total. The number of rotatable bonds is 3. The van der Waals surface area contributed by atoms with Crippen molar-refractivity contribution in [2.75, 3.05) is 0 Å². The standard InChI is InChI=1S/C15H14ClN3O/c16-11-4-1-9(2-5-11)7-12(17)10-3-6-13-14(8-10)19-15(20)18-13/h1-6,8,12H,7,17H2,(H2,18,19,20). The fourth-order valence-corrected chi connectivity index (χ4v) is 2.40. The van der Waals surface area contributed by atoms with E-state index in [-0.39, 0.29) is 11.7 Å². The van der Waals surface area contributed by atoms with Crippen molar-refractivity contribution in [1.29, 1.82) is 0 Å². The van der Waals surface area contributed by atoms with Crippen molar-refractivity contribution in [2.24, 2.45) is 5.73 Å². The normalized spacial score (nSPS) is 12.7. The van der Waals surface area contributed by atoms with Crippen molar-refractivity contribution in [3.05, 3.63) is 69.1 Å². The van der Waals surface area contributed by atoms with E-state index in [4.69, 9.17) is 17.3 Å². The molecule has 0 aliphatic heterocycles. The van der Waals surface area contributed by atoms with Gasteiger partial charge in [0.2, 0.25) is 0 Å². The predicted octanol–water partition coefficient (Wildman–Crippen LogP) is 2.75. The number of nitrogens with two attached hydrogens (primary N) is 1. The third kappa shape index (κ3) is 2.61. The summed E-state index contributed by atoms with van der Waals surface area (Å²) in [6, 6.07) is 13.2. The van der Waals surface area contributed by atoms with Gasteiger partial charge in [0.25, 0.3) is 0 Å². The van der Waals surface area contributed by atoms with Crippen LogP contribution in [0.1, 0.15) is 17.2 Å². The lowest BCUT2D eigenvalue weighted by molar-refractivity contribution is 0.723. The van der Waals surface area contributed by atoms with E-state index in [9.17, 15) is 4.79 Å². The number of aromatic nitrogens is 2. The van der Waals surface area contributed by atoms with Crippen LogP contribution in [0.25, 0.3) is 11.0 Å². The minimum atomic E-state index is -0.205. The summed E-state index contributed by atoms with van der Waals surface area (Å²) >= 11 is 5.86. The highest BCUT2D eigenvalue weighted by atomic mass is 35.5. The zero-order valence-electron chi connectivity index (χ0n) is 10.7. The summed E-state index contributed by atoms with van der Waals surface area (Å²) in [5.74, 6) is 0. The molecule has 4 nitrogen and oxygen atoms in total. The Kier molecular flexibility index (Phi) is 3.34. The first-order valence-electron chi connectivity index (χ1n) is 6.34. The fraction of sp³-hybridized carbons (Fsp3) is 0.133. The summed E-state index contributed by atoms with van der Waals surface area (Å²) in [5.41, 5.74) is 9.71. The van der Waals surface area contributed by atoms with Gasteiger partial charge in [-0.1, -0.05) is 29.8 Å². The third-order valence-corrected chi connectivity index (χ3v) is 3.59. The minimum Gasteiger partial charge on any atom is -0.324 e. The Bertz CT molecular complexity index is 789. The van der Waals surface area contributed by atoms with E-state index in [2.05, 4.69) is 9.97 Å². The zero-order chi connectivity index (χ0) is 14.1. The number of nitrogens with one attached hydrogen (secondary N) is 2. The molecule has 0 spiro atoms. The smallest absolute Gasteiger partial charge is 0.323 e. The number of hydrogen-bond acceptors (Lipinski definition) is 2. The number of imidazole rings is 1. The van der Waals surface area contributed by atoms with Gasteiger partial charge in [-0.05, 0) is 41.8 Å². The Balaban J connectivity index is 1.85. The van der Waals surface area contributed by atoms with E-state index < -0.39 is 0 Å². The molecule has 2 aromatic carbocycles. The average Bonchev–Trinajstić information content (AvgIpc) is 2.80. The minimum absolute atomic E-state index is 0.126. The van der Waals surface area contributed by atoms with Crippen molar-refractivity contribution in [3.63, 3.8) is 0 Å². The highest BCUT2D eigenvalue weighted by molar-refractivity contribution is 6.30. The van der Waals surface area contributed by atoms with E-state index in [0.29, 0.717) is 5.02 Å². The second-order valence-corrected chi connectivity index (χ2v) is 5.26. The van der Waals surface area contributed by atoms with Crippen LogP contribution in [-0.4, -0.2) is 9.97 Å². The van der Waals surface area contributed by atoms with Crippen LogP contribution in [0.4, 0.5) is 0 Å². The van der Waals surface area contributed by atoms with Gasteiger partial charge in [0.05, 0.1) is 11.0 Å². The van der Waals surface area contributed by atoms with Crippen LogP contribution in [-0.2, 0) is 6.42 Å². The molecular formula is C15H14ClN3O. The lowest BCUT2D eigenvalue weighted by atomic mass is 9.99. The maximum atomic E-state index is 11.2. The summed E-state index contributed by atoms with van der Waals surface area (Å²) < 4.78 is 0. The lowest BCUT2D eigenvalue weighted by Crippen LogP contribution is -2.13. The Morgan fingerprint density at radius 2 is 1.75 bits per heavy atom. The molecule has 0 aliphatic rings. The maximum absolute atomic E-state index is 11.2. The molecule has 102 valence electrons. The van der Waals surface area contributed by atoms with Crippen LogP contribution < -0.4 is 11.4 Å². The summed E-state index contributed by atoms with van der Waals surface area (Å²) in [5, 5.41) is 0.716. The summed E-state index contributed by atoms with van der Waals surface area (Å²) in [7, 11) is 0. The lowest BCUT2D eigenvalue weighted by Gasteiger charge is -2.12. The van der Waals surface area contributed by atoms with Gasteiger partial charge >= 0.3 is 5.69 Å². The number of fused-ring (bicyclic) bond motifs is 1. The van der Waals surface area contributed by atoms with E-state index >= 15 is 0 Å². The molecule has 0 bridgehead atoms. The van der Waals surface area contributed by atoms with Crippen molar-refractivity contribution in [1.82, 2.24) is 9.97 Å². The van der Waals surface area contributed by atoms with Crippen molar-refractivity contribution in [2.45, 2.75) is 12.5 Å². The summed E-state index contributed by atoms with van der Waals surface area (Å²) in [4.78, 5) is 16.7. The molecule has 1 heterocycles. The van der Waals surface area contributed by atoms with Gasteiger partial charge in [0.1, 0.15) is 0 Å². The first kappa shape index (κ1) is 13.0. The Labute approximate surface area is 120 Å². The van der Waals surface area contributed by atoms with Gasteiger partial charge in [-0.25, -0.2) is 4.79 Å². The van der Waals surface area contributed by atoms with Gasteiger partial charge < -0.3 is 15.7 Å². The molecular weight excluding hydrogens is 274 g/mol. The molecule has 1 atom stereocenters. The summed E-state index contributed by atoms with van der Waals surface area (Å²) in [6.07, 6.45) is 0.720. The largest absolute Gasteiger partial charge is 0.324 e. The first-order chi connectivity index (χ1) is 9.61. The van der Waals surface area contributed by atoms with Crippen LogP contribution in [0, 0.1) is 0 Å². The van der Waals surface area contributed by atoms with Gasteiger partial charge in [-0.15, -0.1) is 0 Å². The van der Waals surface area contributed by atoms with E-state index in [1.165, 1.54) is 0 Å². The monoisotopic (exact) mass is 287 g/mol. The molecule has 0 fully saturated rings. The number of hydrogen-bond donors (Lipinski definition) is 3. The molecule has 20 heavy (non-hydrogen) atoms. The highest BCUT2D eigenvalue weighted by Crippen LogP contribution is 2.20. The molecule has 5 heteroatoms. The van der Waals surface area contributed by atoms with Gasteiger partial charge in [-0.3, -0.25) is 0 Å². The molecule has 1 aromatic heterocycles. The van der Waals surface area contributed by atoms with Crippen LogP contribution in [0.3, 0.4) is 0 Å². The maximum Gasteiger partial charge on any atom is 0.323 e. The molecule has 3 rings (SSSR count). The van der Waals surface area contributed by atoms with E-state index in [0.717, 1.165) is 28.6 Å². The second-order valence-electron chi connectivity index (χ2n) is 4.82. The number of benzene rings is 2. The quantitative estimate of drug-likeness (QED) is 0.693. The predicted molar refractivity (Wildman–Crippen MR) is 81.0 cm³/mol. The van der Waals surface area contributed by atoms with Crippen LogP contribution >= 0.6 is 11.6 Å². The molecule has 0 amide bonds. The SMILES string of the molecule is NC(Cc1ccc(Cl)cc1)c1ccc2[nH]c(=O)[nH]c2c1. The van der Waals surface area contributed by atoms with Crippen LogP contribution in [0.5, 0.6) is 0 Å². The second kappa shape index (κ2) is 5.15. The number of H-pyrrole nitrogens is 2. The Morgan fingerprint density at radius 1 is 1.05 bits per heavy atom. The molecule has 0 aliphatic carbocycles. The van der Waals surface area contributed by atoms with Gasteiger partial charge in [-0.2, -0.15) is 0 Å². The van der Waals surface area contributed by atoms with E-state index in [1.807, 2.05) is 42.5 Å². The van der Waals surface area contributed by atoms with Gasteiger partial charge in [0.15, 0.2) is 0 Å². The third-order valence-electron chi connectivity index (χ3n) is 3.34. The molecule has 0 saturated heterocycles. The Hall–Kier alpha value is -2.04. The molecule has 0 saturated carbocycles. The van der Waals surface area contributed by atoms with Crippen molar-refractivity contribution >= 4 is 22.6 Å². The topological polar surface area (TPSA) is 74.7 Å². The fourth-order valence-electron chi connectivity index (χ4n) is 2.27. The highest BCUT2D eigenvalue weighted by Gasteiger charge is 2.09. The van der Waals surface area contributed by atoms with Crippen molar-refractivity contribution < 1.29 is 0 Å². The van der Waals surface area contributed by atoms with Crippen molar-refractivity contribution in [3.8, 4) is 0 Å².